The molecule has 3 rings (SSSR count). The van der Waals surface area contributed by atoms with Crippen molar-refractivity contribution in [3.05, 3.63) is 45.8 Å². The predicted molar refractivity (Wildman–Crippen MR) is 96.1 cm³/mol. The number of carboxylic acids is 1. The maximum absolute atomic E-state index is 13.7. The van der Waals surface area contributed by atoms with Crippen molar-refractivity contribution in [3.63, 3.8) is 0 Å². The highest BCUT2D eigenvalue weighted by Crippen LogP contribution is 2.26. The molecule has 0 radical (unpaired) electrons. The first kappa shape index (κ1) is 19.2. The van der Waals surface area contributed by atoms with E-state index in [0.29, 0.717) is 0 Å². The lowest BCUT2D eigenvalue weighted by Gasteiger charge is -2.08. The van der Waals surface area contributed by atoms with Crippen molar-refractivity contribution in [2.75, 3.05) is 11.9 Å². The van der Waals surface area contributed by atoms with Gasteiger partial charge in [-0.15, -0.1) is 0 Å². The molecule has 1 unspecified atom stereocenters. The lowest BCUT2D eigenvalue weighted by molar-refractivity contribution is -0.138. The second kappa shape index (κ2) is 7.98. The van der Waals surface area contributed by atoms with Crippen molar-refractivity contribution in [3.8, 4) is 0 Å². The van der Waals surface area contributed by atoms with E-state index < -0.39 is 35.8 Å². The maximum atomic E-state index is 13.7. The fraction of sp³-hybridized carbons (Fsp3) is 0.200. The lowest BCUT2D eigenvalue weighted by Crippen LogP contribution is -2.32. The van der Waals surface area contributed by atoms with Gasteiger partial charge in [0.1, 0.15) is 10.7 Å². The van der Waals surface area contributed by atoms with E-state index in [1.807, 2.05) is 0 Å². The monoisotopic (exact) mass is 414 g/mol. The number of benzene rings is 1. The Morgan fingerprint density at radius 3 is 2.85 bits per heavy atom. The number of aromatic amines is 1. The molecule has 12 heteroatoms. The summed E-state index contributed by atoms with van der Waals surface area (Å²) in [6, 6.07) is 2.55. The Balaban J connectivity index is 1.82. The average molecular weight is 414 g/mol. The molecule has 2 heterocycles. The van der Waals surface area contributed by atoms with Gasteiger partial charge < -0.3 is 20.5 Å². The van der Waals surface area contributed by atoms with Crippen LogP contribution in [0, 0.1) is 11.6 Å². The van der Waals surface area contributed by atoms with Gasteiger partial charge in [-0.25, -0.2) is 18.6 Å². The van der Waals surface area contributed by atoms with Crippen molar-refractivity contribution in [1.29, 1.82) is 0 Å². The first-order valence-electron chi connectivity index (χ1n) is 7.45. The summed E-state index contributed by atoms with van der Waals surface area (Å²) in [6.45, 7) is -0.657. The number of aliphatic hydroxyl groups excluding tert-OH is 1. The number of nitrogens with one attached hydrogen (secondary N) is 2. The number of aliphatic carboxylic acids is 1. The van der Waals surface area contributed by atoms with Crippen molar-refractivity contribution in [2.24, 2.45) is 0 Å². The number of thioether (sulfide) groups is 1. The molecule has 1 atom stereocenters. The quantitative estimate of drug-likeness (QED) is 0.340. The zero-order chi connectivity index (χ0) is 19.6. The summed E-state index contributed by atoms with van der Waals surface area (Å²) in [6.07, 6.45) is 0. The summed E-state index contributed by atoms with van der Waals surface area (Å²) in [5.74, 6) is -3.15. The van der Waals surface area contributed by atoms with Crippen LogP contribution in [0.3, 0.4) is 0 Å². The Bertz CT molecular complexity index is 1060. The second-order valence-corrected chi connectivity index (χ2v) is 7.23. The highest BCUT2D eigenvalue weighted by Gasteiger charge is 2.19. The minimum absolute atomic E-state index is 0.0406. The topological polar surface area (TPSA) is 128 Å². The van der Waals surface area contributed by atoms with Crippen LogP contribution in [0.2, 0.25) is 0 Å². The number of carboxylic acid groups (broad SMARTS) is 1. The highest BCUT2D eigenvalue weighted by atomic mass is 32.2. The van der Waals surface area contributed by atoms with E-state index >= 15 is 0 Å². The van der Waals surface area contributed by atoms with E-state index in [9.17, 15) is 18.4 Å². The Morgan fingerprint density at radius 2 is 2.15 bits per heavy atom. The summed E-state index contributed by atoms with van der Waals surface area (Å²) in [4.78, 5) is 33.8. The number of rotatable bonds is 7. The normalized spacial score (nSPS) is 12.3. The van der Waals surface area contributed by atoms with Gasteiger partial charge in [-0.1, -0.05) is 35.2 Å². The number of carbonyl (C=O) groups is 1. The minimum Gasteiger partial charge on any atom is -0.480 e. The van der Waals surface area contributed by atoms with Crippen LogP contribution in [-0.4, -0.2) is 43.8 Å². The molecule has 0 saturated heterocycles. The summed E-state index contributed by atoms with van der Waals surface area (Å²) in [5.41, 5.74) is -0.296. The van der Waals surface area contributed by atoms with E-state index in [0.717, 1.165) is 29.2 Å². The zero-order valence-corrected chi connectivity index (χ0v) is 15.0. The molecule has 0 aliphatic rings. The average Bonchev–Trinajstić information content (AvgIpc) is 3.04. The number of halogens is 2. The number of hydrogen-bond donors (Lipinski definition) is 4. The van der Waals surface area contributed by atoms with Crippen molar-refractivity contribution >= 4 is 44.5 Å². The molecule has 0 fully saturated rings. The van der Waals surface area contributed by atoms with Gasteiger partial charge in [0.15, 0.2) is 27.6 Å². The summed E-state index contributed by atoms with van der Waals surface area (Å²) < 4.78 is 27.1. The molecular formula is C15H12F2N4O4S2. The number of fused-ring (bicyclic) bond motifs is 1. The number of nitrogens with zero attached hydrogens (tertiary/aromatic N) is 2. The number of thiazole rings is 1. The molecule has 0 aliphatic carbocycles. The maximum Gasteiger partial charge on any atom is 0.328 e. The van der Waals surface area contributed by atoms with Crippen molar-refractivity contribution < 1.29 is 23.8 Å². The van der Waals surface area contributed by atoms with E-state index in [-0.39, 0.29) is 32.0 Å². The molecule has 27 heavy (non-hydrogen) atoms. The molecule has 2 aromatic heterocycles. The predicted octanol–water partition coefficient (Wildman–Crippen LogP) is 1.81. The van der Waals surface area contributed by atoms with E-state index in [1.165, 1.54) is 12.1 Å². The molecule has 4 N–H and O–H groups in total. The first-order chi connectivity index (χ1) is 12.9. The zero-order valence-electron chi connectivity index (χ0n) is 13.4. The largest absolute Gasteiger partial charge is 0.480 e. The van der Waals surface area contributed by atoms with Crippen LogP contribution in [0.5, 0.6) is 0 Å². The fourth-order valence-corrected chi connectivity index (χ4v) is 3.77. The molecule has 0 aliphatic heterocycles. The molecule has 1 aromatic carbocycles. The highest BCUT2D eigenvalue weighted by molar-refractivity contribution is 7.98. The Labute approximate surface area is 158 Å². The van der Waals surface area contributed by atoms with E-state index in [4.69, 9.17) is 10.2 Å². The van der Waals surface area contributed by atoms with Gasteiger partial charge in [0, 0.05) is 11.3 Å². The van der Waals surface area contributed by atoms with Gasteiger partial charge in [-0.3, -0.25) is 4.79 Å². The summed E-state index contributed by atoms with van der Waals surface area (Å²) in [5, 5.41) is 20.8. The molecule has 0 spiro atoms. The molecule has 0 saturated carbocycles. The number of H-pyrrole nitrogens is 1. The summed E-state index contributed by atoms with van der Waals surface area (Å²) >= 11 is 1.89. The molecule has 142 valence electrons. The number of anilines is 1. The van der Waals surface area contributed by atoms with Gasteiger partial charge >= 0.3 is 5.97 Å². The van der Waals surface area contributed by atoms with Crippen molar-refractivity contribution in [2.45, 2.75) is 17.0 Å². The van der Waals surface area contributed by atoms with Gasteiger partial charge in [0.2, 0.25) is 0 Å². The van der Waals surface area contributed by atoms with Crippen LogP contribution in [0.1, 0.15) is 5.56 Å². The molecule has 0 amide bonds. The third kappa shape index (κ3) is 4.23. The van der Waals surface area contributed by atoms with E-state index in [1.54, 1.807) is 0 Å². The molecule has 3 aromatic rings. The second-order valence-electron chi connectivity index (χ2n) is 5.26. The van der Waals surface area contributed by atoms with Crippen LogP contribution in [-0.2, 0) is 10.5 Å². The van der Waals surface area contributed by atoms with Crippen LogP contribution in [0.4, 0.5) is 13.9 Å². The standard InChI is InChI=1S/C15H12F2N4O4S2/c16-7-3-1-2-6(9(7)17)5-26-14-19-11-10(12(23)21-14)27-15(20-11)18-8(4-22)13(24)25/h1-3,8,22H,4-5H2,(H,24,25)(H2,18,19,20,21,23). The van der Waals surface area contributed by atoms with Crippen LogP contribution < -0.4 is 10.9 Å². The molecular weight excluding hydrogens is 402 g/mol. The Hall–Kier alpha value is -2.57. The SMILES string of the molecule is O=C(O)C(CO)Nc1nc2nc(SCc3cccc(F)c3F)[nH]c(=O)c2s1. The lowest BCUT2D eigenvalue weighted by atomic mass is 10.2. The summed E-state index contributed by atoms with van der Waals surface area (Å²) in [7, 11) is 0. The van der Waals surface area contributed by atoms with Gasteiger partial charge in [-0.2, -0.15) is 4.98 Å². The Kier molecular flexibility index (Phi) is 5.68. The van der Waals surface area contributed by atoms with Crippen LogP contribution in [0.15, 0.2) is 28.2 Å². The van der Waals surface area contributed by atoms with Gasteiger partial charge in [-0.05, 0) is 6.07 Å². The molecule has 0 bridgehead atoms. The fourth-order valence-electron chi connectivity index (χ4n) is 2.08. The Morgan fingerprint density at radius 1 is 1.37 bits per heavy atom. The number of hydrogen-bond acceptors (Lipinski definition) is 8. The molecule has 8 nitrogen and oxygen atoms in total. The third-order valence-corrected chi connectivity index (χ3v) is 5.31. The smallest absolute Gasteiger partial charge is 0.328 e. The van der Waals surface area contributed by atoms with Crippen LogP contribution in [0.25, 0.3) is 10.3 Å². The van der Waals surface area contributed by atoms with Crippen LogP contribution >= 0.6 is 23.1 Å². The van der Waals surface area contributed by atoms with E-state index in [2.05, 4.69) is 20.3 Å². The van der Waals surface area contributed by atoms with Gasteiger partial charge in [0.05, 0.1) is 6.61 Å². The van der Waals surface area contributed by atoms with Gasteiger partial charge in [0.25, 0.3) is 5.56 Å². The first-order valence-corrected chi connectivity index (χ1v) is 9.26. The number of aromatic nitrogens is 3. The minimum atomic E-state index is -1.27. The third-order valence-electron chi connectivity index (χ3n) is 3.42. The number of aliphatic hydroxyl groups is 1. The van der Waals surface area contributed by atoms with Crippen molar-refractivity contribution in [1.82, 2.24) is 15.0 Å².